The van der Waals surface area contributed by atoms with Gasteiger partial charge in [0, 0.05) is 33.7 Å². The Labute approximate surface area is 352 Å². The third-order valence-electron chi connectivity index (χ3n) is 13.9. The quantitative estimate of drug-likeness (QED) is 0.167. The maximum atomic E-state index is 7.34. The van der Waals surface area contributed by atoms with Crippen LogP contribution < -0.4 is 26.4 Å². The third kappa shape index (κ3) is 5.84. The number of hydrogen-bond acceptors (Lipinski definition) is 3. The molecule has 4 heteroatoms. The van der Waals surface area contributed by atoms with Gasteiger partial charge in [0.2, 0.25) is 0 Å². The predicted molar refractivity (Wildman–Crippen MR) is 253 cm³/mol. The number of fused-ring (bicyclic) bond motifs is 7. The Bertz CT molecular complexity index is 2810. The van der Waals surface area contributed by atoms with Crippen molar-refractivity contribution in [2.45, 2.75) is 111 Å². The van der Waals surface area contributed by atoms with E-state index in [4.69, 9.17) is 4.42 Å². The molecule has 2 aliphatic heterocycles. The van der Waals surface area contributed by atoms with Crippen molar-refractivity contribution in [1.29, 1.82) is 0 Å². The van der Waals surface area contributed by atoms with Crippen molar-refractivity contribution >= 4 is 68.4 Å². The first-order valence-electron chi connectivity index (χ1n) is 21.7. The van der Waals surface area contributed by atoms with Crippen molar-refractivity contribution in [3.05, 3.63) is 149 Å². The highest BCUT2D eigenvalue weighted by molar-refractivity contribution is 7.00. The van der Waals surface area contributed by atoms with Crippen LogP contribution in [-0.2, 0) is 21.7 Å². The van der Waals surface area contributed by atoms with Crippen LogP contribution in [0.5, 0.6) is 0 Å². The monoisotopic (exact) mass is 772 g/mol. The summed E-state index contributed by atoms with van der Waals surface area (Å²) in [5.74, 6) is 0. The van der Waals surface area contributed by atoms with E-state index in [1.54, 1.807) is 0 Å². The molecule has 0 unspecified atom stereocenters. The molecule has 0 saturated carbocycles. The minimum Gasteiger partial charge on any atom is -0.468 e. The highest BCUT2D eigenvalue weighted by Gasteiger charge is 2.49. The number of para-hydroxylation sites is 1. The van der Waals surface area contributed by atoms with Crippen molar-refractivity contribution in [3.8, 4) is 11.1 Å². The molecule has 1 aromatic heterocycles. The standard InChI is InChI=1S/C55H57BN2O/c1-34-29-46-49-47(30-34)58(44-20-16-15-19-39(44)35-17-13-12-14-18-35)45-33-42-41(54(8,9)27-28-55(42,10)11)32-43(45)56(49)51-50(40-31-37(53(5,6)7)23-26-48(40)59-51)57(46)38-24-21-36(22-25-38)52(2,3)4/h12-26,29-33H,27-28H2,1-11H3. The van der Waals surface area contributed by atoms with Gasteiger partial charge in [-0.3, -0.25) is 0 Å². The number of nitrogens with zero attached hydrogens (tertiary/aromatic N) is 2. The van der Waals surface area contributed by atoms with E-state index in [1.807, 2.05) is 0 Å². The normalized spacial score (nSPS) is 16.4. The molecule has 0 radical (unpaired) electrons. The summed E-state index contributed by atoms with van der Waals surface area (Å²) in [7, 11) is 0. The number of hydrogen-bond donors (Lipinski definition) is 0. The second-order valence-corrected chi connectivity index (χ2v) is 21.0. The summed E-state index contributed by atoms with van der Waals surface area (Å²) in [6.45, 7) is 25.8. The van der Waals surface area contributed by atoms with Gasteiger partial charge in [-0.2, -0.15) is 0 Å². The molecule has 3 heterocycles. The van der Waals surface area contributed by atoms with E-state index in [0.29, 0.717) is 0 Å². The van der Waals surface area contributed by atoms with Crippen molar-refractivity contribution in [2.75, 3.05) is 9.80 Å². The fourth-order valence-corrected chi connectivity index (χ4v) is 10.3. The van der Waals surface area contributed by atoms with Crippen molar-refractivity contribution in [3.63, 3.8) is 0 Å². The number of anilines is 6. The lowest BCUT2D eigenvalue weighted by molar-refractivity contribution is 0.332. The van der Waals surface area contributed by atoms with Crippen LogP contribution in [0.4, 0.5) is 34.1 Å². The van der Waals surface area contributed by atoms with Gasteiger partial charge in [0.25, 0.3) is 6.71 Å². The van der Waals surface area contributed by atoms with Crippen LogP contribution in [0.2, 0.25) is 0 Å². The highest BCUT2D eigenvalue weighted by atomic mass is 16.3. The Morgan fingerprint density at radius 2 is 1.17 bits per heavy atom. The van der Waals surface area contributed by atoms with E-state index in [0.717, 1.165) is 35.5 Å². The molecular formula is C55H57BN2O. The first-order chi connectivity index (χ1) is 27.9. The van der Waals surface area contributed by atoms with Gasteiger partial charge in [-0.1, -0.05) is 142 Å². The average molecular weight is 773 g/mol. The zero-order valence-electron chi connectivity index (χ0n) is 36.8. The zero-order valence-corrected chi connectivity index (χ0v) is 36.8. The van der Waals surface area contributed by atoms with Gasteiger partial charge in [-0.15, -0.1) is 0 Å². The Morgan fingerprint density at radius 1 is 0.576 bits per heavy atom. The van der Waals surface area contributed by atoms with E-state index < -0.39 is 0 Å². The van der Waals surface area contributed by atoms with Gasteiger partial charge in [0.1, 0.15) is 5.58 Å². The smallest absolute Gasteiger partial charge is 0.297 e. The number of furan rings is 1. The van der Waals surface area contributed by atoms with Crippen molar-refractivity contribution in [1.82, 2.24) is 0 Å². The molecule has 3 aliphatic rings. The van der Waals surface area contributed by atoms with Crippen LogP contribution in [0.1, 0.15) is 110 Å². The second-order valence-electron chi connectivity index (χ2n) is 21.0. The molecule has 0 bridgehead atoms. The van der Waals surface area contributed by atoms with E-state index in [-0.39, 0.29) is 28.4 Å². The molecule has 1 aliphatic carbocycles. The van der Waals surface area contributed by atoms with Crippen molar-refractivity contribution in [2.24, 2.45) is 0 Å². The molecule has 10 rings (SSSR count). The van der Waals surface area contributed by atoms with E-state index >= 15 is 0 Å². The van der Waals surface area contributed by atoms with Crippen LogP contribution >= 0.6 is 0 Å². The minimum atomic E-state index is -0.104. The van der Waals surface area contributed by atoms with Gasteiger partial charge < -0.3 is 14.2 Å². The fourth-order valence-electron chi connectivity index (χ4n) is 10.3. The SMILES string of the molecule is Cc1cc2c3c(c1)N(c1ccc(C(C)(C)C)cc1)c1c(oc4ccc(C(C)(C)C)cc14)B3c1cc3c(cc1N2c1ccccc1-c1ccccc1)C(C)(C)CCC3(C)C. The Hall–Kier alpha value is -5.48. The molecule has 59 heavy (non-hydrogen) atoms. The average Bonchev–Trinajstić information content (AvgIpc) is 3.57. The number of rotatable bonds is 3. The van der Waals surface area contributed by atoms with E-state index in [1.165, 1.54) is 78.0 Å². The molecule has 0 atom stereocenters. The van der Waals surface area contributed by atoms with Crippen LogP contribution in [0, 0.1) is 6.92 Å². The lowest BCUT2D eigenvalue weighted by atomic mass is 9.35. The topological polar surface area (TPSA) is 19.6 Å². The maximum Gasteiger partial charge on any atom is 0.297 e. The van der Waals surface area contributed by atoms with Crippen LogP contribution in [-0.4, -0.2) is 6.71 Å². The Morgan fingerprint density at radius 3 is 1.83 bits per heavy atom. The summed E-state index contributed by atoms with van der Waals surface area (Å²) in [6, 6.07) is 46.1. The van der Waals surface area contributed by atoms with Crippen LogP contribution in [0.15, 0.2) is 126 Å². The predicted octanol–water partition coefficient (Wildman–Crippen LogP) is 13.4. The summed E-state index contributed by atoms with van der Waals surface area (Å²) in [5.41, 5.74) is 21.0. The minimum absolute atomic E-state index is 0.0185. The Kier molecular flexibility index (Phi) is 8.17. The van der Waals surface area contributed by atoms with Gasteiger partial charge in [-0.05, 0) is 134 Å². The molecule has 0 N–H and O–H groups in total. The summed E-state index contributed by atoms with van der Waals surface area (Å²) in [5, 5.41) is 1.17. The number of benzene rings is 6. The molecule has 0 amide bonds. The van der Waals surface area contributed by atoms with E-state index in [9.17, 15) is 0 Å². The largest absolute Gasteiger partial charge is 0.468 e. The molecule has 0 spiro atoms. The van der Waals surface area contributed by atoms with Crippen LogP contribution in [0.3, 0.4) is 0 Å². The van der Waals surface area contributed by atoms with Gasteiger partial charge >= 0.3 is 0 Å². The first kappa shape index (κ1) is 37.8. The summed E-state index contributed by atoms with van der Waals surface area (Å²) in [6.07, 6.45) is 2.31. The van der Waals surface area contributed by atoms with Gasteiger partial charge in [0.15, 0.2) is 0 Å². The second kappa shape index (κ2) is 12.8. The molecule has 7 aromatic rings. The van der Waals surface area contributed by atoms with E-state index in [2.05, 4.69) is 207 Å². The van der Waals surface area contributed by atoms with Gasteiger partial charge in [0.05, 0.1) is 17.0 Å². The number of aryl methyl sites for hydroxylation is 1. The molecule has 0 saturated heterocycles. The summed E-state index contributed by atoms with van der Waals surface area (Å²) in [4.78, 5) is 5.13. The third-order valence-corrected chi connectivity index (χ3v) is 13.9. The van der Waals surface area contributed by atoms with Gasteiger partial charge in [-0.25, -0.2) is 0 Å². The zero-order chi connectivity index (χ0) is 41.4. The lowest BCUT2D eigenvalue weighted by Gasteiger charge is -2.47. The molecular weight excluding hydrogens is 715 g/mol. The summed E-state index contributed by atoms with van der Waals surface area (Å²) < 4.78 is 7.34. The molecule has 3 nitrogen and oxygen atoms in total. The fraction of sp³-hybridized carbons (Fsp3) is 0.309. The molecule has 6 aromatic carbocycles. The molecule has 0 fully saturated rings. The van der Waals surface area contributed by atoms with Crippen LogP contribution in [0.25, 0.3) is 22.1 Å². The highest BCUT2D eigenvalue weighted by Crippen LogP contribution is 2.52. The maximum absolute atomic E-state index is 7.34. The lowest BCUT2D eigenvalue weighted by Crippen LogP contribution is -2.61. The molecule has 296 valence electrons. The first-order valence-corrected chi connectivity index (χ1v) is 21.7. The van der Waals surface area contributed by atoms with Crippen molar-refractivity contribution < 1.29 is 4.42 Å². The Balaban J connectivity index is 1.35. The summed E-state index contributed by atoms with van der Waals surface area (Å²) >= 11 is 0.